The summed E-state index contributed by atoms with van der Waals surface area (Å²) in [6.07, 6.45) is 0.706. The Morgan fingerprint density at radius 3 is 2.88 bits per heavy atom. The minimum Gasteiger partial charge on any atom is -0.478 e. The zero-order valence-electron chi connectivity index (χ0n) is 9.72. The molecule has 0 aliphatic rings. The van der Waals surface area contributed by atoms with Gasteiger partial charge in [-0.2, -0.15) is 0 Å². The van der Waals surface area contributed by atoms with Gasteiger partial charge >= 0.3 is 5.97 Å². The van der Waals surface area contributed by atoms with Crippen LogP contribution in [0.4, 0.5) is 0 Å². The van der Waals surface area contributed by atoms with E-state index in [4.69, 9.17) is 9.84 Å². The summed E-state index contributed by atoms with van der Waals surface area (Å²) >= 11 is 0. The molecule has 0 aromatic heterocycles. The highest BCUT2D eigenvalue weighted by molar-refractivity contribution is 7.85. The van der Waals surface area contributed by atoms with Crippen molar-refractivity contribution in [3.05, 3.63) is 29.8 Å². The number of carbonyl (C=O) groups is 1. The average molecular weight is 256 g/mol. The standard InChI is InChI=1S/C12H16O4S/c1-2-16-7-4-8-17(15)11-6-3-5-10(9-11)12(13)14/h3,5-6,9H,2,4,7-8H2,1H3,(H,13,14). The second-order valence-electron chi connectivity index (χ2n) is 3.43. The van der Waals surface area contributed by atoms with E-state index in [1.807, 2.05) is 6.92 Å². The quantitative estimate of drug-likeness (QED) is 0.757. The molecule has 0 bridgehead atoms. The molecule has 1 aromatic rings. The van der Waals surface area contributed by atoms with Crippen molar-refractivity contribution in [2.45, 2.75) is 18.2 Å². The fraction of sp³-hybridized carbons (Fsp3) is 0.417. The monoisotopic (exact) mass is 256 g/mol. The Labute approximate surface area is 103 Å². The van der Waals surface area contributed by atoms with Crippen LogP contribution >= 0.6 is 0 Å². The van der Waals surface area contributed by atoms with Crippen LogP contribution in [0.5, 0.6) is 0 Å². The Kier molecular flexibility index (Phi) is 5.86. The van der Waals surface area contributed by atoms with E-state index in [1.165, 1.54) is 12.1 Å². The van der Waals surface area contributed by atoms with Gasteiger partial charge in [0, 0.05) is 23.9 Å². The molecule has 1 aromatic carbocycles. The molecule has 1 rings (SSSR count). The third kappa shape index (κ3) is 4.66. The number of rotatable bonds is 7. The van der Waals surface area contributed by atoms with Crippen LogP contribution in [-0.2, 0) is 15.5 Å². The second-order valence-corrected chi connectivity index (χ2v) is 5.00. The lowest BCUT2D eigenvalue weighted by Gasteiger charge is -2.03. The molecule has 1 atom stereocenters. The lowest BCUT2D eigenvalue weighted by Crippen LogP contribution is -2.04. The Bertz CT molecular complexity index is 403. The van der Waals surface area contributed by atoms with Gasteiger partial charge in [-0.1, -0.05) is 6.07 Å². The van der Waals surface area contributed by atoms with E-state index in [1.54, 1.807) is 12.1 Å². The van der Waals surface area contributed by atoms with E-state index in [9.17, 15) is 9.00 Å². The Hall–Kier alpha value is -1.20. The Balaban J connectivity index is 2.56. The summed E-state index contributed by atoms with van der Waals surface area (Å²) in [5.41, 5.74) is 0.167. The van der Waals surface area contributed by atoms with Crippen molar-refractivity contribution in [2.75, 3.05) is 19.0 Å². The molecule has 17 heavy (non-hydrogen) atoms. The van der Waals surface area contributed by atoms with Gasteiger partial charge in [0.1, 0.15) is 0 Å². The molecule has 0 saturated carbocycles. The maximum absolute atomic E-state index is 11.8. The van der Waals surface area contributed by atoms with Gasteiger partial charge in [0.2, 0.25) is 0 Å². The summed E-state index contributed by atoms with van der Waals surface area (Å²) in [7, 11) is -1.16. The molecule has 0 radical (unpaired) electrons. The van der Waals surface area contributed by atoms with Gasteiger partial charge in [0.15, 0.2) is 0 Å². The summed E-state index contributed by atoms with van der Waals surface area (Å²) < 4.78 is 17.0. The smallest absolute Gasteiger partial charge is 0.335 e. The SMILES string of the molecule is CCOCCCS(=O)c1cccc(C(=O)O)c1. The van der Waals surface area contributed by atoms with Gasteiger partial charge in [-0.15, -0.1) is 0 Å². The molecule has 94 valence electrons. The molecule has 0 aliphatic heterocycles. The summed E-state index contributed by atoms with van der Waals surface area (Å²) in [4.78, 5) is 11.3. The lowest BCUT2D eigenvalue weighted by atomic mass is 10.2. The number of ether oxygens (including phenoxy) is 1. The summed E-state index contributed by atoms with van der Waals surface area (Å²) in [6.45, 7) is 3.15. The third-order valence-electron chi connectivity index (χ3n) is 2.17. The Morgan fingerprint density at radius 1 is 1.47 bits per heavy atom. The number of carboxylic acid groups (broad SMARTS) is 1. The van der Waals surface area contributed by atoms with E-state index in [0.717, 1.165) is 0 Å². The van der Waals surface area contributed by atoms with Crippen LogP contribution in [0.2, 0.25) is 0 Å². The highest BCUT2D eigenvalue weighted by Gasteiger charge is 2.07. The highest BCUT2D eigenvalue weighted by Crippen LogP contribution is 2.11. The largest absolute Gasteiger partial charge is 0.478 e. The minimum absolute atomic E-state index is 0.167. The first kappa shape index (κ1) is 13.9. The molecular weight excluding hydrogens is 240 g/mol. The predicted molar refractivity (Wildman–Crippen MR) is 65.8 cm³/mol. The van der Waals surface area contributed by atoms with E-state index in [0.29, 0.717) is 30.3 Å². The van der Waals surface area contributed by atoms with Crippen LogP contribution < -0.4 is 0 Å². The average Bonchev–Trinajstić information content (AvgIpc) is 2.34. The molecule has 1 N–H and O–H groups in total. The molecule has 4 nitrogen and oxygen atoms in total. The van der Waals surface area contributed by atoms with Crippen LogP contribution in [0.1, 0.15) is 23.7 Å². The van der Waals surface area contributed by atoms with Crippen LogP contribution in [0.3, 0.4) is 0 Å². The van der Waals surface area contributed by atoms with Crippen LogP contribution in [0, 0.1) is 0 Å². The first-order valence-corrected chi connectivity index (χ1v) is 6.76. The number of benzene rings is 1. The normalized spacial score (nSPS) is 12.3. The number of hydrogen-bond donors (Lipinski definition) is 1. The van der Waals surface area contributed by atoms with E-state index >= 15 is 0 Å². The van der Waals surface area contributed by atoms with Gasteiger partial charge in [0.05, 0.1) is 16.4 Å². The highest BCUT2D eigenvalue weighted by atomic mass is 32.2. The van der Waals surface area contributed by atoms with Crippen molar-refractivity contribution in [2.24, 2.45) is 0 Å². The first-order valence-electron chi connectivity index (χ1n) is 5.44. The molecule has 0 amide bonds. The summed E-state index contributed by atoms with van der Waals surface area (Å²) in [6, 6.07) is 6.24. The second kappa shape index (κ2) is 7.19. The number of carboxylic acids is 1. The topological polar surface area (TPSA) is 63.6 Å². The predicted octanol–water partition coefficient (Wildman–Crippen LogP) is 1.92. The lowest BCUT2D eigenvalue weighted by molar-refractivity contribution is 0.0696. The number of aromatic carboxylic acids is 1. The van der Waals surface area contributed by atoms with Crippen LogP contribution in [0.25, 0.3) is 0 Å². The van der Waals surface area contributed by atoms with Crippen molar-refractivity contribution in [3.63, 3.8) is 0 Å². The third-order valence-corrected chi connectivity index (χ3v) is 3.61. The molecule has 0 aliphatic carbocycles. The van der Waals surface area contributed by atoms with Crippen LogP contribution in [-0.4, -0.2) is 34.3 Å². The van der Waals surface area contributed by atoms with Crippen molar-refractivity contribution in [1.29, 1.82) is 0 Å². The Morgan fingerprint density at radius 2 is 2.24 bits per heavy atom. The van der Waals surface area contributed by atoms with Crippen LogP contribution in [0.15, 0.2) is 29.2 Å². The number of hydrogen-bond acceptors (Lipinski definition) is 3. The molecule has 1 unspecified atom stereocenters. The van der Waals surface area contributed by atoms with Crippen molar-refractivity contribution in [3.8, 4) is 0 Å². The molecule has 0 spiro atoms. The summed E-state index contributed by atoms with van der Waals surface area (Å²) in [5, 5.41) is 8.82. The molecule has 0 fully saturated rings. The van der Waals surface area contributed by atoms with Gasteiger partial charge in [-0.3, -0.25) is 4.21 Å². The van der Waals surface area contributed by atoms with Gasteiger partial charge in [-0.05, 0) is 31.5 Å². The fourth-order valence-electron chi connectivity index (χ4n) is 1.33. The summed E-state index contributed by atoms with van der Waals surface area (Å²) in [5.74, 6) is -0.513. The van der Waals surface area contributed by atoms with Gasteiger partial charge < -0.3 is 9.84 Å². The zero-order valence-corrected chi connectivity index (χ0v) is 10.5. The van der Waals surface area contributed by atoms with Crippen molar-refractivity contribution in [1.82, 2.24) is 0 Å². The zero-order chi connectivity index (χ0) is 12.7. The first-order chi connectivity index (χ1) is 8.15. The fourth-order valence-corrected chi connectivity index (χ4v) is 2.43. The van der Waals surface area contributed by atoms with E-state index in [2.05, 4.69) is 0 Å². The van der Waals surface area contributed by atoms with Crippen molar-refractivity contribution >= 4 is 16.8 Å². The molecule has 5 heteroatoms. The van der Waals surface area contributed by atoms with E-state index in [-0.39, 0.29) is 5.56 Å². The maximum Gasteiger partial charge on any atom is 0.335 e. The van der Waals surface area contributed by atoms with Crippen molar-refractivity contribution < 1.29 is 18.8 Å². The molecular formula is C12H16O4S. The molecule has 0 saturated heterocycles. The van der Waals surface area contributed by atoms with Gasteiger partial charge in [0.25, 0.3) is 0 Å². The van der Waals surface area contributed by atoms with E-state index < -0.39 is 16.8 Å². The minimum atomic E-state index is -1.16. The van der Waals surface area contributed by atoms with Gasteiger partial charge in [-0.25, -0.2) is 4.79 Å². The molecule has 0 heterocycles. The maximum atomic E-state index is 11.8.